The number of aliphatic hydroxyl groups excluding tert-OH is 1. The van der Waals surface area contributed by atoms with Crippen LogP contribution in [0.4, 0.5) is 15.9 Å². The average Bonchev–Trinajstić information content (AvgIpc) is 1.60. The Bertz CT molecular complexity index is 8760. The smallest absolute Gasteiger partial charge is 0.274 e. The van der Waals surface area contributed by atoms with Gasteiger partial charge in [-0.05, 0) is 218 Å². The summed E-state index contributed by atoms with van der Waals surface area (Å²) in [6.07, 6.45) is 12.6. The van der Waals surface area contributed by atoms with E-state index in [0.29, 0.717) is 114 Å². The van der Waals surface area contributed by atoms with Gasteiger partial charge in [0.05, 0.1) is 68.8 Å². The molecule has 150 heavy (non-hydrogen) atoms. The Morgan fingerprint density at radius 2 is 1.02 bits per heavy atom. The van der Waals surface area contributed by atoms with Crippen LogP contribution in [0.3, 0.4) is 0 Å². The van der Waals surface area contributed by atoms with Crippen LogP contribution in [0, 0.1) is 24.1 Å². The minimum atomic E-state index is -0.694. The molecule has 40 nitrogen and oxygen atoms in total. The van der Waals surface area contributed by atoms with E-state index < -0.39 is 41.9 Å². The number of nitrogens with zero attached hydrogens (tertiary/aromatic N) is 10. The second-order valence-electron chi connectivity index (χ2n) is 35.2. The molecular weight excluding hydrogens is 1930 g/mol. The molecule has 0 spiro atoms. The first-order valence-corrected chi connectivity index (χ1v) is 46.6. The van der Waals surface area contributed by atoms with Crippen molar-refractivity contribution in [3.05, 3.63) is 410 Å². The zero-order valence-electron chi connectivity index (χ0n) is 80.1. The van der Waals surface area contributed by atoms with Gasteiger partial charge in [0.25, 0.3) is 68.8 Å². The van der Waals surface area contributed by atoms with Crippen molar-refractivity contribution >= 4 is 129 Å². The summed E-state index contributed by atoms with van der Waals surface area (Å²) < 4.78 is 30.0. The van der Waals surface area contributed by atoms with E-state index in [1.807, 2.05) is 129 Å². The fourth-order valence-corrected chi connectivity index (χ4v) is 16.8. The number of oxazole rings is 1. The van der Waals surface area contributed by atoms with Crippen LogP contribution in [0.25, 0.3) is 105 Å². The van der Waals surface area contributed by atoms with Crippen molar-refractivity contribution in [2.45, 2.75) is 65.0 Å². The SMILES string of the molecule is CN(C)c1ccc(-c2nc3cc(C(=O)NO)ccc3c(=O)[nH]2)cc1.Cc1cn(Cc2ccccc2)c(=O)c2cc(C(=O)NO)ccc12.O=C(CO)c1ccc2c(=O)[nH]c(Cc3ccccc3F)nc2c1.O=C(NO)c1ccc2c(=O)[nH]c(-c3nc4ccccc4o3)nc2c1.O=C(NO)c1ccc2ccn(-c3ccnc(NC(=O)C4CC4)c3)c(=O)c2c1.O=C(NO)c1ccc2ncn(CC3(COc4ccccc4)CCCC3)c(=O)c2c1. The third kappa shape index (κ3) is 24.4. The molecule has 0 atom stereocenters. The molecule has 15 N–H and O–H groups in total. The molecule has 21 rings (SSSR count). The Balaban J connectivity index is 0.000000128. The molecule has 2 aliphatic rings. The van der Waals surface area contributed by atoms with Crippen LogP contribution in [0.5, 0.6) is 5.75 Å². The van der Waals surface area contributed by atoms with E-state index in [9.17, 15) is 66.7 Å². The van der Waals surface area contributed by atoms with Crippen LogP contribution in [-0.2, 0) is 24.3 Å². The lowest BCUT2D eigenvalue weighted by molar-refractivity contribution is -0.117. The number of amides is 6. The Kier molecular flexibility index (Phi) is 32.3. The maximum atomic E-state index is 13.7. The van der Waals surface area contributed by atoms with Crippen molar-refractivity contribution in [2.24, 2.45) is 11.3 Å². The molecule has 0 saturated heterocycles. The van der Waals surface area contributed by atoms with E-state index in [4.69, 9.17) is 40.3 Å². The van der Waals surface area contributed by atoms with Crippen LogP contribution >= 0.6 is 0 Å². The number of para-hydroxylation sites is 3. The lowest BCUT2D eigenvalue weighted by Gasteiger charge is -2.29. The normalized spacial score (nSPS) is 12.1. The number of benzene rings is 11. The number of carbonyl (C=O) groups excluding carboxylic acids is 7. The number of fused-ring (bicyclic) bond motifs is 7. The van der Waals surface area contributed by atoms with Crippen molar-refractivity contribution in [2.75, 3.05) is 37.5 Å². The van der Waals surface area contributed by atoms with Crippen LogP contribution in [0.1, 0.15) is 123 Å². The number of halogens is 1. The number of nitrogens with one attached hydrogen (secondary N) is 9. The van der Waals surface area contributed by atoms with Gasteiger partial charge < -0.3 is 44.0 Å². The number of ketones is 1. The molecule has 2 aliphatic carbocycles. The zero-order valence-corrected chi connectivity index (χ0v) is 80.1. The number of aromatic amines is 3. The number of hydrogen-bond donors (Lipinski definition) is 15. The fraction of sp³-hybridized carbons (Fsp3) is 0.147. The Labute approximate surface area is 846 Å². The second kappa shape index (κ2) is 46.7. The number of aliphatic hydroxyl groups is 1. The molecule has 8 aromatic heterocycles. The summed E-state index contributed by atoms with van der Waals surface area (Å²) in [5, 5.41) is 59.1. The number of carbonyl (C=O) groups is 7. The van der Waals surface area contributed by atoms with Gasteiger partial charge in [0.2, 0.25) is 5.91 Å². The third-order valence-corrected chi connectivity index (χ3v) is 24.8. The number of ether oxygens (including phenoxy) is 1. The molecule has 0 radical (unpaired) electrons. The van der Waals surface area contributed by atoms with Gasteiger partial charge >= 0.3 is 0 Å². The number of hydrogen-bond acceptors (Lipinski definition) is 28. The molecule has 758 valence electrons. The van der Waals surface area contributed by atoms with Crippen molar-refractivity contribution in [1.82, 2.24) is 86.0 Å². The maximum absolute atomic E-state index is 13.7. The van der Waals surface area contributed by atoms with Crippen LogP contribution in [0.15, 0.2) is 319 Å². The zero-order chi connectivity index (χ0) is 106. The number of aromatic nitrogens is 12. The highest BCUT2D eigenvalue weighted by molar-refractivity contribution is 6.03. The molecule has 19 aromatic rings. The first-order chi connectivity index (χ1) is 72.5. The standard InChI is InChI=1S/C22H23N3O4.C19H16N4O4.C18H16N2O3.C17H13FN2O3.C17H16N4O3.C16H10N4O4/c26-20(24-28)16-8-9-19-18(12-16)21(27)25(15-23-19)13-22(10-4-5-11-22)14-29-17-6-2-1-3-7-17;24-17(12-2-3-12)21-16-10-14(5-7-20-16)23-8-6-11-1-4-13(18(25)22-27)9-15(11)19(23)26;1-12-10-20(11-13-5-3-2-4-6-13)18(22)16-9-14(17(21)19-23)7-8-15(12)16;18-13-4-2-1-3-10(13)8-16-19-14-7-11(15(22)9-21)5-6-12(14)17(23)20-16;1-21(2)12-6-3-10(4-7-12)15-18-14-9-11(16(22)20-24)5-8-13(14)17(23)19-15;21-14(20-23)8-5-6-9-11(7-8)17-13(19-15(9)22)16-18-10-3-1-2-4-12(10)24-16/h1-3,6-9,12,15,28H,4-5,10-11,13-14H2,(H,24,26);1,4-10,12,27H,2-3H2,(H,22,25)(H,20,21,24);2-10,23H,11H2,1H3,(H,19,21);1-7,21H,8-9H2,(H,19,20,23);3-9,24H,1-2H3,(H,20,22)(H,18,19,23);1-7,23H,(H,20,21)(H,17,19,22). The molecule has 0 aliphatic heterocycles. The summed E-state index contributed by atoms with van der Waals surface area (Å²) in [6, 6.07) is 72.6. The quantitative estimate of drug-likeness (QED) is 0.0170. The molecule has 8 heterocycles. The van der Waals surface area contributed by atoms with Crippen LogP contribution < -0.4 is 75.7 Å². The van der Waals surface area contributed by atoms with Crippen molar-refractivity contribution < 1.29 is 78.2 Å². The van der Waals surface area contributed by atoms with E-state index in [1.165, 1.54) is 102 Å². The Hall–Kier alpha value is -19.2. The van der Waals surface area contributed by atoms with Crippen molar-refractivity contribution in [1.29, 1.82) is 0 Å². The largest absolute Gasteiger partial charge is 0.493 e. The van der Waals surface area contributed by atoms with Gasteiger partial charge in [-0.3, -0.25) is 97.5 Å². The highest BCUT2D eigenvalue weighted by Gasteiger charge is 2.36. The molecular formula is C109H94FN19O21. The predicted molar refractivity (Wildman–Crippen MR) is 553 cm³/mol. The number of hydroxylamine groups is 5. The van der Waals surface area contributed by atoms with E-state index >= 15 is 0 Å². The number of Topliss-reactive ketones (excluding diaryl/α,β-unsaturated/α-hetero) is 1. The average molecular weight is 2030 g/mol. The van der Waals surface area contributed by atoms with Crippen LogP contribution in [0.2, 0.25) is 0 Å². The summed E-state index contributed by atoms with van der Waals surface area (Å²) in [4.78, 5) is 192. The van der Waals surface area contributed by atoms with Crippen molar-refractivity contribution in [3.63, 3.8) is 0 Å². The van der Waals surface area contributed by atoms with E-state index in [-0.39, 0.29) is 113 Å². The first-order valence-electron chi connectivity index (χ1n) is 46.6. The maximum Gasteiger partial charge on any atom is 0.274 e. The lowest BCUT2D eigenvalue weighted by Crippen LogP contribution is -2.35. The lowest BCUT2D eigenvalue weighted by atomic mass is 9.87. The number of H-pyrrole nitrogens is 3. The molecule has 0 unspecified atom stereocenters. The monoisotopic (exact) mass is 2020 g/mol. The van der Waals surface area contributed by atoms with Gasteiger partial charge in [0.1, 0.15) is 41.2 Å². The molecule has 11 aromatic carbocycles. The number of aryl methyl sites for hydroxylation is 1. The number of anilines is 2. The van der Waals surface area contributed by atoms with Gasteiger partial charge in [-0.25, -0.2) is 61.7 Å². The third-order valence-electron chi connectivity index (χ3n) is 24.8. The predicted octanol–water partition coefficient (Wildman–Crippen LogP) is 12.9. The highest BCUT2D eigenvalue weighted by Crippen LogP contribution is 2.41. The molecule has 0 bridgehead atoms. The van der Waals surface area contributed by atoms with Gasteiger partial charge in [0.15, 0.2) is 17.2 Å². The summed E-state index contributed by atoms with van der Waals surface area (Å²) in [7, 11) is 3.89. The van der Waals surface area contributed by atoms with E-state index in [0.717, 1.165) is 72.0 Å². The molecule has 2 saturated carbocycles. The minimum Gasteiger partial charge on any atom is -0.493 e. The Morgan fingerprint density at radius 1 is 0.493 bits per heavy atom. The Morgan fingerprint density at radius 3 is 1.63 bits per heavy atom. The van der Waals surface area contributed by atoms with Gasteiger partial charge in [0, 0.05) is 118 Å². The van der Waals surface area contributed by atoms with Gasteiger partial charge in [-0.15, -0.1) is 0 Å². The summed E-state index contributed by atoms with van der Waals surface area (Å²) in [5.74, 6) is -1.93. The summed E-state index contributed by atoms with van der Waals surface area (Å²) >= 11 is 0. The molecule has 2 fully saturated rings. The fourth-order valence-electron chi connectivity index (χ4n) is 16.8. The second-order valence-corrected chi connectivity index (χ2v) is 35.2. The molecule has 41 heteroatoms. The summed E-state index contributed by atoms with van der Waals surface area (Å²) in [5.41, 5.74) is 14.7. The minimum absolute atomic E-state index is 0.0509. The van der Waals surface area contributed by atoms with Crippen LogP contribution in [-0.4, -0.2) is 158 Å². The summed E-state index contributed by atoms with van der Waals surface area (Å²) in [6.45, 7) is 2.82. The van der Waals surface area contributed by atoms with Gasteiger partial charge in [-0.2, -0.15) is 0 Å². The highest BCUT2D eigenvalue weighted by atomic mass is 19.1. The van der Waals surface area contributed by atoms with E-state index in [2.05, 4.69) is 50.2 Å². The number of pyridine rings is 3. The molecule has 6 amide bonds. The first kappa shape index (κ1) is 104. The van der Waals surface area contributed by atoms with E-state index in [1.54, 1.807) is 122 Å². The van der Waals surface area contributed by atoms with Gasteiger partial charge in [-0.1, -0.05) is 110 Å². The van der Waals surface area contributed by atoms with Crippen molar-refractivity contribution in [3.8, 4) is 34.5 Å². The number of rotatable bonds is 22. The topological polar surface area (TPSA) is 581 Å².